The molecule has 0 spiro atoms. The summed E-state index contributed by atoms with van der Waals surface area (Å²) in [6.45, 7) is 6.05. The molecule has 1 rings (SSSR count). The van der Waals surface area contributed by atoms with Gasteiger partial charge >= 0.3 is 0 Å². The molecule has 0 N–H and O–H groups in total. The summed E-state index contributed by atoms with van der Waals surface area (Å²) >= 11 is 0. The number of likely N-dealkylation sites (tertiary alicyclic amines) is 1. The average molecular weight is 169 g/mol. The van der Waals surface area contributed by atoms with E-state index in [0.29, 0.717) is 19.4 Å². The number of hydrogen-bond donors (Lipinski definition) is 0. The first-order valence-corrected chi connectivity index (χ1v) is 4.34. The maximum atomic E-state index is 11.3. The van der Waals surface area contributed by atoms with Crippen LogP contribution in [0.25, 0.3) is 0 Å². The Morgan fingerprint density at radius 2 is 2.17 bits per heavy atom. The van der Waals surface area contributed by atoms with Crippen molar-refractivity contribution in [2.24, 2.45) is 0 Å². The van der Waals surface area contributed by atoms with Gasteiger partial charge in [-0.05, 0) is 13.8 Å². The van der Waals surface area contributed by atoms with Crippen LogP contribution in [0.5, 0.6) is 0 Å². The zero-order valence-corrected chi connectivity index (χ0v) is 7.89. The number of nitrogens with zero attached hydrogens (tertiary/aromatic N) is 1. The standard InChI is InChI=1S/C9H15NO2/c1-4-8(12)10-6-5-7(11)9(10,2)3/h4-6H2,1-3H3. The van der Waals surface area contributed by atoms with E-state index in [1.165, 1.54) is 0 Å². The molecular formula is C9H15NO2. The van der Waals surface area contributed by atoms with E-state index < -0.39 is 5.54 Å². The fourth-order valence-corrected chi connectivity index (χ4v) is 1.58. The average Bonchev–Trinajstić information content (AvgIpc) is 2.27. The van der Waals surface area contributed by atoms with Crippen molar-refractivity contribution in [2.75, 3.05) is 6.54 Å². The minimum absolute atomic E-state index is 0.0749. The lowest BCUT2D eigenvalue weighted by molar-refractivity contribution is -0.138. The van der Waals surface area contributed by atoms with E-state index in [4.69, 9.17) is 0 Å². The number of amides is 1. The van der Waals surface area contributed by atoms with Gasteiger partial charge in [-0.3, -0.25) is 9.59 Å². The molecule has 0 bridgehead atoms. The normalized spacial score (nSPS) is 21.6. The molecular weight excluding hydrogens is 154 g/mol. The summed E-state index contributed by atoms with van der Waals surface area (Å²) in [6.07, 6.45) is 0.995. The van der Waals surface area contributed by atoms with Crippen LogP contribution in [0.15, 0.2) is 0 Å². The molecule has 0 atom stereocenters. The van der Waals surface area contributed by atoms with Gasteiger partial charge in [0.15, 0.2) is 5.78 Å². The first-order valence-electron chi connectivity index (χ1n) is 4.34. The SMILES string of the molecule is CCC(=O)N1CCC(=O)C1(C)C. The zero-order chi connectivity index (χ0) is 9.35. The van der Waals surface area contributed by atoms with Gasteiger partial charge in [-0.2, -0.15) is 0 Å². The van der Waals surface area contributed by atoms with E-state index in [9.17, 15) is 9.59 Å². The summed E-state index contributed by atoms with van der Waals surface area (Å²) in [6, 6.07) is 0. The molecule has 0 radical (unpaired) electrons. The van der Waals surface area contributed by atoms with E-state index in [1.54, 1.807) is 4.90 Å². The summed E-state index contributed by atoms with van der Waals surface area (Å²) in [7, 11) is 0. The van der Waals surface area contributed by atoms with Gasteiger partial charge < -0.3 is 4.90 Å². The Morgan fingerprint density at radius 1 is 1.58 bits per heavy atom. The predicted molar refractivity (Wildman–Crippen MR) is 45.7 cm³/mol. The van der Waals surface area contributed by atoms with Crippen molar-refractivity contribution in [1.29, 1.82) is 0 Å². The largest absolute Gasteiger partial charge is 0.330 e. The molecule has 12 heavy (non-hydrogen) atoms. The maximum Gasteiger partial charge on any atom is 0.223 e. The molecule has 1 amide bonds. The number of rotatable bonds is 1. The molecule has 0 aliphatic carbocycles. The molecule has 0 aromatic rings. The van der Waals surface area contributed by atoms with Gasteiger partial charge in [-0.25, -0.2) is 0 Å². The Bertz CT molecular complexity index is 221. The van der Waals surface area contributed by atoms with Gasteiger partial charge in [0.2, 0.25) is 5.91 Å². The third-order valence-electron chi connectivity index (χ3n) is 2.52. The van der Waals surface area contributed by atoms with Crippen molar-refractivity contribution in [2.45, 2.75) is 39.2 Å². The summed E-state index contributed by atoms with van der Waals surface area (Å²) in [4.78, 5) is 24.4. The molecule has 1 aliphatic heterocycles. The first-order chi connectivity index (χ1) is 5.50. The lowest BCUT2D eigenvalue weighted by atomic mass is 10.0. The van der Waals surface area contributed by atoms with Gasteiger partial charge in [-0.1, -0.05) is 6.92 Å². The first kappa shape index (κ1) is 9.23. The highest BCUT2D eigenvalue weighted by atomic mass is 16.2. The molecule has 1 fully saturated rings. The molecule has 3 nitrogen and oxygen atoms in total. The van der Waals surface area contributed by atoms with Gasteiger partial charge in [-0.15, -0.1) is 0 Å². The van der Waals surface area contributed by atoms with E-state index >= 15 is 0 Å². The zero-order valence-electron chi connectivity index (χ0n) is 7.89. The molecule has 0 aromatic heterocycles. The Labute approximate surface area is 72.7 Å². The van der Waals surface area contributed by atoms with Crippen molar-refractivity contribution in [1.82, 2.24) is 4.90 Å². The second-order valence-electron chi connectivity index (χ2n) is 3.63. The van der Waals surface area contributed by atoms with Crippen LogP contribution >= 0.6 is 0 Å². The molecule has 1 saturated heterocycles. The number of carbonyl (C=O) groups excluding carboxylic acids is 2. The second kappa shape index (κ2) is 2.88. The molecule has 0 unspecified atom stereocenters. The van der Waals surface area contributed by atoms with Crippen LogP contribution in [0.4, 0.5) is 0 Å². The van der Waals surface area contributed by atoms with Crippen LogP contribution in [0, 0.1) is 0 Å². The molecule has 1 aliphatic rings. The second-order valence-corrected chi connectivity index (χ2v) is 3.63. The molecule has 1 heterocycles. The Morgan fingerprint density at radius 3 is 2.50 bits per heavy atom. The van der Waals surface area contributed by atoms with Crippen molar-refractivity contribution in [3.8, 4) is 0 Å². The van der Waals surface area contributed by atoms with Gasteiger partial charge in [0, 0.05) is 19.4 Å². The maximum absolute atomic E-state index is 11.3. The smallest absolute Gasteiger partial charge is 0.223 e. The van der Waals surface area contributed by atoms with Crippen LogP contribution < -0.4 is 0 Å². The fourth-order valence-electron chi connectivity index (χ4n) is 1.58. The van der Waals surface area contributed by atoms with Crippen LogP contribution in [0.1, 0.15) is 33.6 Å². The highest BCUT2D eigenvalue weighted by Crippen LogP contribution is 2.25. The molecule has 68 valence electrons. The third-order valence-corrected chi connectivity index (χ3v) is 2.52. The summed E-state index contributed by atoms with van der Waals surface area (Å²) in [5, 5.41) is 0. The lowest BCUT2D eigenvalue weighted by Gasteiger charge is -2.29. The van der Waals surface area contributed by atoms with Crippen molar-refractivity contribution >= 4 is 11.7 Å². The van der Waals surface area contributed by atoms with E-state index in [-0.39, 0.29) is 11.7 Å². The van der Waals surface area contributed by atoms with Gasteiger partial charge in [0.1, 0.15) is 0 Å². The minimum Gasteiger partial charge on any atom is -0.330 e. The summed E-state index contributed by atoms with van der Waals surface area (Å²) in [5.41, 5.74) is -0.562. The highest BCUT2D eigenvalue weighted by molar-refractivity contribution is 5.95. The Hall–Kier alpha value is -0.860. The van der Waals surface area contributed by atoms with Crippen molar-refractivity contribution in [3.63, 3.8) is 0 Å². The van der Waals surface area contributed by atoms with Crippen LogP contribution in [-0.2, 0) is 9.59 Å². The lowest BCUT2D eigenvalue weighted by Crippen LogP contribution is -2.46. The van der Waals surface area contributed by atoms with Crippen LogP contribution in [0.3, 0.4) is 0 Å². The quantitative estimate of drug-likeness (QED) is 0.586. The van der Waals surface area contributed by atoms with E-state index in [1.807, 2.05) is 20.8 Å². The highest BCUT2D eigenvalue weighted by Gasteiger charge is 2.41. The Balaban J connectivity index is 2.81. The van der Waals surface area contributed by atoms with Crippen LogP contribution in [0.2, 0.25) is 0 Å². The monoisotopic (exact) mass is 169 g/mol. The molecule has 0 saturated carbocycles. The predicted octanol–water partition coefficient (Wildman–Crippen LogP) is 0.976. The summed E-state index contributed by atoms with van der Waals surface area (Å²) < 4.78 is 0. The number of carbonyl (C=O) groups is 2. The van der Waals surface area contributed by atoms with Crippen LogP contribution in [-0.4, -0.2) is 28.7 Å². The van der Waals surface area contributed by atoms with Gasteiger partial charge in [0.25, 0.3) is 0 Å². The van der Waals surface area contributed by atoms with Gasteiger partial charge in [0.05, 0.1) is 5.54 Å². The number of ketones is 1. The molecule has 3 heteroatoms. The molecule has 0 aromatic carbocycles. The Kier molecular flexibility index (Phi) is 2.22. The topological polar surface area (TPSA) is 37.4 Å². The van der Waals surface area contributed by atoms with E-state index in [2.05, 4.69) is 0 Å². The van der Waals surface area contributed by atoms with E-state index in [0.717, 1.165) is 0 Å². The summed E-state index contributed by atoms with van der Waals surface area (Å²) in [5.74, 6) is 0.246. The number of Topliss-reactive ketones (excluding diaryl/α,β-unsaturated/α-hetero) is 1. The number of hydrogen-bond acceptors (Lipinski definition) is 2. The van der Waals surface area contributed by atoms with Crippen molar-refractivity contribution < 1.29 is 9.59 Å². The van der Waals surface area contributed by atoms with Crippen molar-refractivity contribution in [3.05, 3.63) is 0 Å². The third kappa shape index (κ3) is 1.24. The fraction of sp³-hybridized carbons (Fsp3) is 0.778. The minimum atomic E-state index is -0.562.